The number of ether oxygens (including phenoxy) is 2. The van der Waals surface area contributed by atoms with E-state index in [1.807, 2.05) is 26.0 Å². The van der Waals surface area contributed by atoms with E-state index < -0.39 is 0 Å². The first-order chi connectivity index (χ1) is 11.7. The lowest BCUT2D eigenvalue weighted by Crippen LogP contribution is -2.14. The van der Waals surface area contributed by atoms with Crippen molar-refractivity contribution in [3.8, 4) is 11.5 Å². The highest BCUT2D eigenvalue weighted by molar-refractivity contribution is 5.49. The highest BCUT2D eigenvalue weighted by atomic mass is 16.5. The van der Waals surface area contributed by atoms with Gasteiger partial charge in [-0.2, -0.15) is 0 Å². The van der Waals surface area contributed by atoms with Crippen LogP contribution in [0.2, 0.25) is 0 Å². The van der Waals surface area contributed by atoms with E-state index in [-0.39, 0.29) is 0 Å². The Kier molecular flexibility index (Phi) is 5.18. The monoisotopic (exact) mass is 327 g/mol. The van der Waals surface area contributed by atoms with Crippen molar-refractivity contribution in [1.29, 1.82) is 0 Å². The molecule has 0 atom stereocenters. The molecule has 128 valence electrons. The Hall–Kier alpha value is -2.30. The van der Waals surface area contributed by atoms with Gasteiger partial charge < -0.3 is 14.8 Å². The van der Waals surface area contributed by atoms with Crippen LogP contribution in [0.3, 0.4) is 0 Å². The van der Waals surface area contributed by atoms with Crippen LogP contribution in [0.5, 0.6) is 11.5 Å². The summed E-state index contributed by atoms with van der Waals surface area (Å²) >= 11 is 0. The fourth-order valence-electron chi connectivity index (χ4n) is 3.05. The summed E-state index contributed by atoms with van der Waals surface area (Å²) in [5.41, 5.74) is 2.86. The summed E-state index contributed by atoms with van der Waals surface area (Å²) < 4.78 is 11.8. The van der Waals surface area contributed by atoms with E-state index in [4.69, 9.17) is 9.47 Å². The maximum Gasteiger partial charge on any atom is 0.166 e. The fourth-order valence-corrected chi connectivity index (χ4v) is 3.05. The van der Waals surface area contributed by atoms with Crippen LogP contribution >= 0.6 is 0 Å². The Labute approximate surface area is 143 Å². The van der Waals surface area contributed by atoms with Gasteiger partial charge in [0.05, 0.1) is 24.6 Å². The lowest BCUT2D eigenvalue weighted by atomic mass is 10.1. The van der Waals surface area contributed by atoms with E-state index >= 15 is 0 Å². The van der Waals surface area contributed by atoms with E-state index in [0.717, 1.165) is 47.1 Å². The third-order valence-electron chi connectivity index (χ3n) is 4.39. The molecule has 0 aliphatic heterocycles. The SMILES string of the molecule is COc1cccc(CNc2nc(C)cnc2C)c1OC1CCCC1. The summed E-state index contributed by atoms with van der Waals surface area (Å²) in [4.78, 5) is 8.87. The second-order valence-electron chi connectivity index (χ2n) is 6.27. The molecule has 1 aromatic carbocycles. The highest BCUT2D eigenvalue weighted by Crippen LogP contribution is 2.35. The average Bonchev–Trinajstić information content (AvgIpc) is 3.09. The predicted octanol–water partition coefficient (Wildman–Crippen LogP) is 4.04. The van der Waals surface area contributed by atoms with Gasteiger partial charge in [-0.15, -0.1) is 0 Å². The zero-order valence-electron chi connectivity index (χ0n) is 14.6. The molecule has 0 unspecified atom stereocenters. The quantitative estimate of drug-likeness (QED) is 0.868. The standard InChI is InChI=1S/C19H25N3O2/c1-13-11-20-14(2)19(22-13)21-12-15-7-6-10-17(23-3)18(15)24-16-8-4-5-9-16/h6-7,10-11,16H,4-5,8-9,12H2,1-3H3,(H,21,22). The molecule has 0 spiro atoms. The smallest absolute Gasteiger partial charge is 0.166 e. The maximum absolute atomic E-state index is 6.27. The number of para-hydroxylation sites is 1. The molecule has 1 aliphatic rings. The minimum Gasteiger partial charge on any atom is -0.493 e. The van der Waals surface area contributed by atoms with Crippen molar-refractivity contribution >= 4 is 5.82 Å². The third-order valence-corrected chi connectivity index (χ3v) is 4.39. The lowest BCUT2D eigenvalue weighted by molar-refractivity contribution is 0.199. The average molecular weight is 327 g/mol. The first kappa shape index (κ1) is 16.6. The van der Waals surface area contributed by atoms with Gasteiger partial charge in [-0.25, -0.2) is 4.98 Å². The van der Waals surface area contributed by atoms with E-state index in [2.05, 4.69) is 21.4 Å². The molecular formula is C19H25N3O2. The van der Waals surface area contributed by atoms with Crippen molar-refractivity contribution in [2.45, 2.75) is 52.2 Å². The Balaban J connectivity index is 1.80. The van der Waals surface area contributed by atoms with Gasteiger partial charge in [0, 0.05) is 18.3 Å². The molecule has 1 heterocycles. The summed E-state index contributed by atoms with van der Waals surface area (Å²) in [5.74, 6) is 2.44. The van der Waals surface area contributed by atoms with Crippen molar-refractivity contribution in [3.05, 3.63) is 41.3 Å². The number of methoxy groups -OCH3 is 1. The lowest BCUT2D eigenvalue weighted by Gasteiger charge is -2.19. The molecule has 5 nitrogen and oxygen atoms in total. The van der Waals surface area contributed by atoms with Crippen LogP contribution in [-0.4, -0.2) is 23.2 Å². The van der Waals surface area contributed by atoms with Crippen molar-refractivity contribution in [2.75, 3.05) is 12.4 Å². The molecule has 0 saturated heterocycles. The molecule has 3 rings (SSSR count). The molecule has 1 aliphatic carbocycles. The first-order valence-corrected chi connectivity index (χ1v) is 8.54. The second-order valence-corrected chi connectivity index (χ2v) is 6.27. The molecule has 1 aromatic heterocycles. The molecule has 24 heavy (non-hydrogen) atoms. The Morgan fingerprint density at radius 1 is 1.21 bits per heavy atom. The normalized spacial score (nSPS) is 14.6. The summed E-state index contributed by atoms with van der Waals surface area (Å²) in [5, 5.41) is 3.38. The largest absolute Gasteiger partial charge is 0.493 e. The van der Waals surface area contributed by atoms with E-state index in [0.29, 0.717) is 12.6 Å². The molecule has 5 heteroatoms. The van der Waals surface area contributed by atoms with Gasteiger partial charge in [0.25, 0.3) is 0 Å². The minimum absolute atomic E-state index is 0.292. The second kappa shape index (κ2) is 7.51. The summed E-state index contributed by atoms with van der Waals surface area (Å²) in [6.45, 7) is 4.52. The van der Waals surface area contributed by atoms with E-state index in [1.54, 1.807) is 13.3 Å². The number of anilines is 1. The summed E-state index contributed by atoms with van der Waals surface area (Å²) in [6, 6.07) is 6.01. The molecule has 1 N–H and O–H groups in total. The van der Waals surface area contributed by atoms with Gasteiger partial charge >= 0.3 is 0 Å². The van der Waals surface area contributed by atoms with Crippen LogP contribution < -0.4 is 14.8 Å². The van der Waals surface area contributed by atoms with Crippen LogP contribution in [0.1, 0.15) is 42.6 Å². The van der Waals surface area contributed by atoms with Crippen LogP contribution in [-0.2, 0) is 6.54 Å². The number of rotatable bonds is 6. The molecule has 0 amide bonds. The highest BCUT2D eigenvalue weighted by Gasteiger charge is 2.20. The Morgan fingerprint density at radius 3 is 2.75 bits per heavy atom. The summed E-state index contributed by atoms with van der Waals surface area (Å²) in [6.07, 6.45) is 6.79. The zero-order chi connectivity index (χ0) is 16.9. The van der Waals surface area contributed by atoms with Crippen molar-refractivity contribution < 1.29 is 9.47 Å². The van der Waals surface area contributed by atoms with Gasteiger partial charge in [-0.3, -0.25) is 4.98 Å². The van der Waals surface area contributed by atoms with Gasteiger partial charge in [-0.1, -0.05) is 12.1 Å². The van der Waals surface area contributed by atoms with Gasteiger partial charge in [-0.05, 0) is 45.6 Å². The number of aromatic nitrogens is 2. The minimum atomic E-state index is 0.292. The Bertz CT molecular complexity index is 697. The first-order valence-electron chi connectivity index (χ1n) is 8.54. The van der Waals surface area contributed by atoms with Gasteiger partial charge in [0.1, 0.15) is 5.82 Å². The van der Waals surface area contributed by atoms with Crippen molar-refractivity contribution in [2.24, 2.45) is 0 Å². The zero-order valence-corrected chi connectivity index (χ0v) is 14.6. The molecule has 1 saturated carbocycles. The van der Waals surface area contributed by atoms with E-state index in [9.17, 15) is 0 Å². The number of benzene rings is 1. The number of hydrogen-bond donors (Lipinski definition) is 1. The molecule has 2 aromatic rings. The van der Waals surface area contributed by atoms with Crippen LogP contribution in [0.15, 0.2) is 24.4 Å². The number of hydrogen-bond acceptors (Lipinski definition) is 5. The maximum atomic E-state index is 6.27. The van der Waals surface area contributed by atoms with Gasteiger partial charge in [0.2, 0.25) is 0 Å². The summed E-state index contributed by atoms with van der Waals surface area (Å²) in [7, 11) is 1.68. The number of nitrogens with one attached hydrogen (secondary N) is 1. The van der Waals surface area contributed by atoms with E-state index in [1.165, 1.54) is 12.8 Å². The molecular weight excluding hydrogens is 302 g/mol. The molecule has 1 fully saturated rings. The van der Waals surface area contributed by atoms with Crippen LogP contribution in [0.25, 0.3) is 0 Å². The Morgan fingerprint density at radius 2 is 2.00 bits per heavy atom. The van der Waals surface area contributed by atoms with Crippen molar-refractivity contribution in [3.63, 3.8) is 0 Å². The number of aryl methyl sites for hydroxylation is 2. The molecule has 0 bridgehead atoms. The number of nitrogens with zero attached hydrogens (tertiary/aromatic N) is 2. The van der Waals surface area contributed by atoms with Gasteiger partial charge in [0.15, 0.2) is 11.5 Å². The topological polar surface area (TPSA) is 56.3 Å². The fraction of sp³-hybridized carbons (Fsp3) is 0.474. The molecule has 0 radical (unpaired) electrons. The third kappa shape index (κ3) is 3.78. The van der Waals surface area contributed by atoms with Crippen LogP contribution in [0.4, 0.5) is 5.82 Å². The van der Waals surface area contributed by atoms with Crippen LogP contribution in [0, 0.1) is 13.8 Å². The predicted molar refractivity (Wildman–Crippen MR) is 94.7 cm³/mol. The van der Waals surface area contributed by atoms with Crippen molar-refractivity contribution in [1.82, 2.24) is 9.97 Å².